The van der Waals surface area contributed by atoms with Crippen LogP contribution in [0.2, 0.25) is 0 Å². The maximum atomic E-state index is 13.2. The van der Waals surface area contributed by atoms with E-state index in [1.165, 1.54) is 6.07 Å². The Morgan fingerprint density at radius 3 is 2.71 bits per heavy atom. The average molecular weight is 235 g/mol. The van der Waals surface area contributed by atoms with Crippen LogP contribution < -0.4 is 0 Å². The van der Waals surface area contributed by atoms with Gasteiger partial charge in [-0.15, -0.1) is 0 Å². The Hall–Kier alpha value is -1.38. The van der Waals surface area contributed by atoms with Crippen LogP contribution in [0.5, 0.6) is 0 Å². The van der Waals surface area contributed by atoms with E-state index in [1.807, 2.05) is 4.90 Å². The van der Waals surface area contributed by atoms with Crippen LogP contribution in [-0.4, -0.2) is 23.4 Å². The van der Waals surface area contributed by atoms with Gasteiger partial charge in [0.2, 0.25) is 0 Å². The Morgan fingerprint density at radius 1 is 1.47 bits per heavy atom. The second-order valence-corrected chi connectivity index (χ2v) is 4.69. The number of amides is 1. The van der Waals surface area contributed by atoms with Crippen LogP contribution in [0.15, 0.2) is 18.2 Å². The molecule has 17 heavy (non-hydrogen) atoms. The first-order valence-corrected chi connectivity index (χ1v) is 6.20. The molecule has 1 fully saturated rings. The Labute approximate surface area is 101 Å². The molecule has 0 unspecified atom stereocenters. The summed E-state index contributed by atoms with van der Waals surface area (Å²) in [5.74, 6) is -0.215. The molecule has 1 aromatic carbocycles. The molecule has 0 aromatic heterocycles. The van der Waals surface area contributed by atoms with Gasteiger partial charge in [0.1, 0.15) is 5.82 Å². The third-order valence-electron chi connectivity index (χ3n) is 3.12. The molecule has 0 N–H and O–H groups in total. The van der Waals surface area contributed by atoms with Gasteiger partial charge in [-0.1, -0.05) is 6.92 Å². The van der Waals surface area contributed by atoms with Crippen LogP contribution in [0.25, 0.3) is 0 Å². The van der Waals surface area contributed by atoms with Crippen molar-refractivity contribution in [3.63, 3.8) is 0 Å². The maximum absolute atomic E-state index is 13.2. The highest BCUT2D eigenvalue weighted by Gasteiger charge is 2.32. The quantitative estimate of drug-likeness (QED) is 0.785. The second kappa shape index (κ2) is 4.86. The summed E-state index contributed by atoms with van der Waals surface area (Å²) >= 11 is 0. The van der Waals surface area contributed by atoms with Gasteiger partial charge in [-0.3, -0.25) is 4.79 Å². The highest BCUT2D eigenvalue weighted by molar-refractivity contribution is 5.94. The number of benzene rings is 1. The summed E-state index contributed by atoms with van der Waals surface area (Å²) in [6.07, 6.45) is 3.17. The van der Waals surface area contributed by atoms with Gasteiger partial charge in [0.15, 0.2) is 0 Å². The lowest BCUT2D eigenvalue weighted by Crippen LogP contribution is -2.33. The maximum Gasteiger partial charge on any atom is 0.254 e. The summed E-state index contributed by atoms with van der Waals surface area (Å²) < 4.78 is 13.2. The van der Waals surface area contributed by atoms with Crippen LogP contribution in [0, 0.1) is 12.7 Å². The standard InChI is InChI=1S/C14H18FNO/c1-3-8-16(12-5-6-12)14(17)11-4-7-13(15)10(2)9-11/h4,7,9,12H,3,5-6,8H2,1-2H3. The predicted molar refractivity (Wildman–Crippen MR) is 65.5 cm³/mol. The highest BCUT2D eigenvalue weighted by atomic mass is 19.1. The Morgan fingerprint density at radius 2 is 2.18 bits per heavy atom. The molecule has 0 radical (unpaired) electrons. The van der Waals surface area contributed by atoms with E-state index < -0.39 is 0 Å². The molecule has 2 nitrogen and oxygen atoms in total. The second-order valence-electron chi connectivity index (χ2n) is 4.69. The van der Waals surface area contributed by atoms with Crippen LogP contribution in [0.3, 0.4) is 0 Å². The van der Waals surface area contributed by atoms with Gasteiger partial charge in [-0.2, -0.15) is 0 Å². The van der Waals surface area contributed by atoms with E-state index >= 15 is 0 Å². The fourth-order valence-electron chi connectivity index (χ4n) is 2.02. The minimum absolute atomic E-state index is 0.0393. The number of carbonyl (C=O) groups is 1. The zero-order chi connectivity index (χ0) is 12.4. The van der Waals surface area contributed by atoms with E-state index in [-0.39, 0.29) is 11.7 Å². The number of nitrogens with zero attached hydrogens (tertiary/aromatic N) is 1. The molecule has 92 valence electrons. The lowest BCUT2D eigenvalue weighted by molar-refractivity contribution is 0.0743. The van der Waals surface area contributed by atoms with E-state index in [2.05, 4.69) is 6.92 Å². The van der Waals surface area contributed by atoms with Gasteiger partial charge < -0.3 is 4.90 Å². The molecule has 0 heterocycles. The highest BCUT2D eigenvalue weighted by Crippen LogP contribution is 2.28. The molecule has 0 saturated heterocycles. The third kappa shape index (κ3) is 2.65. The first-order valence-electron chi connectivity index (χ1n) is 6.20. The third-order valence-corrected chi connectivity index (χ3v) is 3.12. The lowest BCUT2D eigenvalue weighted by Gasteiger charge is -2.22. The number of aryl methyl sites for hydroxylation is 1. The molecule has 1 aliphatic rings. The molecule has 1 aliphatic carbocycles. The summed E-state index contributed by atoms with van der Waals surface area (Å²) in [4.78, 5) is 14.2. The zero-order valence-electron chi connectivity index (χ0n) is 10.4. The number of hydrogen-bond donors (Lipinski definition) is 0. The molecule has 0 aliphatic heterocycles. The number of rotatable bonds is 4. The van der Waals surface area contributed by atoms with Crippen molar-refractivity contribution in [3.05, 3.63) is 35.1 Å². The summed E-state index contributed by atoms with van der Waals surface area (Å²) in [6.45, 7) is 4.55. The van der Waals surface area contributed by atoms with E-state index in [4.69, 9.17) is 0 Å². The Kier molecular flexibility index (Phi) is 3.46. The van der Waals surface area contributed by atoms with Gasteiger partial charge in [-0.25, -0.2) is 4.39 Å². The van der Waals surface area contributed by atoms with E-state index in [0.717, 1.165) is 25.8 Å². The fraction of sp³-hybridized carbons (Fsp3) is 0.500. The summed E-state index contributed by atoms with van der Waals surface area (Å²) in [5, 5.41) is 0. The minimum atomic E-state index is -0.255. The van der Waals surface area contributed by atoms with Crippen molar-refractivity contribution in [2.75, 3.05) is 6.54 Å². The number of halogens is 1. The van der Waals surface area contributed by atoms with Crippen molar-refractivity contribution in [1.29, 1.82) is 0 Å². The molecule has 1 amide bonds. The fourth-order valence-corrected chi connectivity index (χ4v) is 2.02. The van der Waals surface area contributed by atoms with E-state index in [9.17, 15) is 9.18 Å². The van der Waals surface area contributed by atoms with E-state index in [0.29, 0.717) is 17.2 Å². The topological polar surface area (TPSA) is 20.3 Å². The SMILES string of the molecule is CCCN(C(=O)c1ccc(F)c(C)c1)C1CC1. The summed E-state index contributed by atoms with van der Waals surface area (Å²) in [5.41, 5.74) is 1.13. The molecule has 0 bridgehead atoms. The van der Waals surface area contributed by atoms with E-state index in [1.54, 1.807) is 19.1 Å². The average Bonchev–Trinajstić information content (AvgIpc) is 3.13. The lowest BCUT2D eigenvalue weighted by atomic mass is 10.1. The molecular formula is C14H18FNO. The normalized spacial score (nSPS) is 14.8. The predicted octanol–water partition coefficient (Wildman–Crippen LogP) is 3.15. The molecule has 3 heteroatoms. The number of hydrogen-bond acceptors (Lipinski definition) is 1. The Balaban J connectivity index is 2.19. The number of carbonyl (C=O) groups excluding carboxylic acids is 1. The van der Waals surface area contributed by atoms with Crippen molar-refractivity contribution in [1.82, 2.24) is 4.90 Å². The van der Waals surface area contributed by atoms with Crippen molar-refractivity contribution in [2.24, 2.45) is 0 Å². The Bertz CT molecular complexity index is 426. The summed E-state index contributed by atoms with van der Waals surface area (Å²) in [6, 6.07) is 5.01. The minimum Gasteiger partial charge on any atom is -0.336 e. The molecule has 0 atom stereocenters. The molecule has 0 spiro atoms. The van der Waals surface area contributed by atoms with Gasteiger partial charge in [0, 0.05) is 18.2 Å². The van der Waals surface area contributed by atoms with Crippen LogP contribution in [-0.2, 0) is 0 Å². The zero-order valence-corrected chi connectivity index (χ0v) is 10.4. The smallest absolute Gasteiger partial charge is 0.254 e. The van der Waals surface area contributed by atoms with Gasteiger partial charge in [-0.05, 0) is 49.9 Å². The van der Waals surface area contributed by atoms with Crippen molar-refractivity contribution >= 4 is 5.91 Å². The monoisotopic (exact) mass is 235 g/mol. The first-order chi connectivity index (χ1) is 8.13. The molecule has 2 rings (SSSR count). The summed E-state index contributed by atoms with van der Waals surface area (Å²) in [7, 11) is 0. The molecule has 1 aromatic rings. The van der Waals surface area contributed by atoms with Crippen LogP contribution in [0.4, 0.5) is 4.39 Å². The van der Waals surface area contributed by atoms with Gasteiger partial charge in [0.25, 0.3) is 5.91 Å². The first kappa shape index (κ1) is 12.1. The van der Waals surface area contributed by atoms with Gasteiger partial charge >= 0.3 is 0 Å². The molecular weight excluding hydrogens is 217 g/mol. The molecule has 1 saturated carbocycles. The van der Waals surface area contributed by atoms with Crippen LogP contribution >= 0.6 is 0 Å². The van der Waals surface area contributed by atoms with Crippen molar-refractivity contribution < 1.29 is 9.18 Å². The van der Waals surface area contributed by atoms with Crippen molar-refractivity contribution in [2.45, 2.75) is 39.2 Å². The van der Waals surface area contributed by atoms with Crippen LogP contribution in [0.1, 0.15) is 42.1 Å². The van der Waals surface area contributed by atoms with Crippen molar-refractivity contribution in [3.8, 4) is 0 Å². The van der Waals surface area contributed by atoms with Gasteiger partial charge in [0.05, 0.1) is 0 Å². The largest absolute Gasteiger partial charge is 0.336 e.